The second-order valence-electron chi connectivity index (χ2n) is 6.10. The second-order valence-corrected chi connectivity index (χ2v) is 6.10. The van der Waals surface area contributed by atoms with E-state index in [1.165, 1.54) is 33.0 Å². The summed E-state index contributed by atoms with van der Waals surface area (Å²) in [6.07, 6.45) is 3.02. The number of carbonyl (C=O) groups is 1. The van der Waals surface area contributed by atoms with Gasteiger partial charge in [-0.25, -0.2) is 0 Å². The normalized spacial score (nSPS) is 26.6. The van der Waals surface area contributed by atoms with Crippen LogP contribution in [0.4, 0.5) is 0 Å². The van der Waals surface area contributed by atoms with Crippen molar-refractivity contribution in [2.24, 2.45) is 5.92 Å². The van der Waals surface area contributed by atoms with Crippen molar-refractivity contribution >= 4 is 5.97 Å². The average Bonchev–Trinajstić information content (AvgIpc) is 2.47. The minimum Gasteiger partial charge on any atom is -0.469 e. The van der Waals surface area contributed by atoms with Gasteiger partial charge in [-0.05, 0) is 31.8 Å². The van der Waals surface area contributed by atoms with Gasteiger partial charge in [-0.3, -0.25) is 9.69 Å². The highest BCUT2D eigenvalue weighted by Gasteiger charge is 2.24. The van der Waals surface area contributed by atoms with E-state index in [0.29, 0.717) is 6.42 Å². The Balaban J connectivity index is 1.66. The van der Waals surface area contributed by atoms with E-state index in [2.05, 4.69) is 16.7 Å². The molecular weight excluding hydrogens is 256 g/mol. The van der Waals surface area contributed by atoms with Gasteiger partial charge in [0.15, 0.2) is 0 Å². The predicted octanol–water partition coefficient (Wildman–Crippen LogP) is 0.982. The van der Waals surface area contributed by atoms with Crippen LogP contribution in [0.1, 0.15) is 26.2 Å². The van der Waals surface area contributed by atoms with Gasteiger partial charge in [-0.2, -0.15) is 0 Å². The van der Waals surface area contributed by atoms with Crippen LogP contribution >= 0.6 is 0 Å². The zero-order valence-electron chi connectivity index (χ0n) is 12.8. The molecule has 5 heteroatoms. The van der Waals surface area contributed by atoms with E-state index in [9.17, 15) is 4.79 Å². The molecular formula is C15H28N2O3. The first kappa shape index (κ1) is 15.7. The molecule has 0 aromatic carbocycles. The van der Waals surface area contributed by atoms with Crippen LogP contribution in [0.25, 0.3) is 0 Å². The third-order valence-corrected chi connectivity index (χ3v) is 4.45. The van der Waals surface area contributed by atoms with Crippen molar-refractivity contribution < 1.29 is 14.3 Å². The van der Waals surface area contributed by atoms with Crippen molar-refractivity contribution in [1.29, 1.82) is 0 Å². The molecule has 2 aliphatic heterocycles. The summed E-state index contributed by atoms with van der Waals surface area (Å²) in [6, 6.07) is 0. The molecule has 2 aliphatic rings. The van der Waals surface area contributed by atoms with Gasteiger partial charge in [0.2, 0.25) is 0 Å². The van der Waals surface area contributed by atoms with Crippen molar-refractivity contribution in [3.05, 3.63) is 0 Å². The lowest BCUT2D eigenvalue weighted by Crippen LogP contribution is -2.47. The topological polar surface area (TPSA) is 42.0 Å². The maximum Gasteiger partial charge on any atom is 0.308 e. The molecule has 0 spiro atoms. The molecule has 2 saturated heterocycles. The average molecular weight is 284 g/mol. The molecule has 1 atom stereocenters. The first-order valence-corrected chi connectivity index (χ1v) is 7.80. The number of methoxy groups -OCH3 is 1. The Morgan fingerprint density at radius 3 is 2.60 bits per heavy atom. The number of ether oxygens (including phenoxy) is 2. The van der Waals surface area contributed by atoms with Gasteiger partial charge >= 0.3 is 5.97 Å². The minimum absolute atomic E-state index is 0.00224. The summed E-state index contributed by atoms with van der Waals surface area (Å²) in [5.41, 5.74) is 0. The van der Waals surface area contributed by atoms with Crippen molar-refractivity contribution in [3.63, 3.8) is 0 Å². The van der Waals surface area contributed by atoms with E-state index < -0.39 is 0 Å². The molecule has 1 unspecified atom stereocenters. The fourth-order valence-electron chi connectivity index (χ4n) is 2.94. The molecule has 0 aromatic heterocycles. The first-order chi connectivity index (χ1) is 9.67. The van der Waals surface area contributed by atoms with Crippen LogP contribution in [-0.2, 0) is 14.3 Å². The standard InChI is InChI=1S/C15H28N2O3/c1-13-3-5-16(6-4-13)7-8-17-9-10-20-14(12-17)11-15(18)19-2/h13-14H,3-12H2,1-2H3. The molecule has 0 bridgehead atoms. The molecule has 0 radical (unpaired) electrons. The number of morpholine rings is 1. The first-order valence-electron chi connectivity index (χ1n) is 7.80. The van der Waals surface area contributed by atoms with Gasteiger partial charge in [0, 0.05) is 26.2 Å². The number of rotatable bonds is 5. The number of nitrogens with zero attached hydrogens (tertiary/aromatic N) is 2. The van der Waals surface area contributed by atoms with Crippen molar-refractivity contribution in [2.75, 3.05) is 53.0 Å². The quantitative estimate of drug-likeness (QED) is 0.704. The molecule has 20 heavy (non-hydrogen) atoms. The summed E-state index contributed by atoms with van der Waals surface area (Å²) >= 11 is 0. The molecule has 2 rings (SSSR count). The summed E-state index contributed by atoms with van der Waals surface area (Å²) in [4.78, 5) is 16.3. The maximum absolute atomic E-state index is 11.3. The number of hydrogen-bond donors (Lipinski definition) is 0. The van der Waals surface area contributed by atoms with Crippen LogP contribution in [0.2, 0.25) is 0 Å². The SMILES string of the molecule is COC(=O)CC1CN(CCN2CCC(C)CC2)CCO1. The summed E-state index contributed by atoms with van der Waals surface area (Å²) < 4.78 is 10.3. The molecule has 0 aliphatic carbocycles. The maximum atomic E-state index is 11.3. The van der Waals surface area contributed by atoms with Gasteiger partial charge < -0.3 is 14.4 Å². The highest BCUT2D eigenvalue weighted by molar-refractivity contribution is 5.69. The monoisotopic (exact) mass is 284 g/mol. The zero-order valence-corrected chi connectivity index (χ0v) is 12.8. The lowest BCUT2D eigenvalue weighted by Gasteiger charge is -2.35. The number of likely N-dealkylation sites (tertiary alicyclic amines) is 1. The summed E-state index contributed by atoms with van der Waals surface area (Å²) in [7, 11) is 1.43. The van der Waals surface area contributed by atoms with Gasteiger partial charge in [-0.15, -0.1) is 0 Å². The molecule has 2 heterocycles. The Morgan fingerprint density at radius 1 is 1.20 bits per heavy atom. The van der Waals surface area contributed by atoms with Crippen molar-refractivity contribution in [2.45, 2.75) is 32.3 Å². The zero-order chi connectivity index (χ0) is 14.4. The number of esters is 1. The number of hydrogen-bond acceptors (Lipinski definition) is 5. The highest BCUT2D eigenvalue weighted by Crippen LogP contribution is 2.16. The Hall–Kier alpha value is -0.650. The third-order valence-electron chi connectivity index (χ3n) is 4.45. The fourth-order valence-corrected chi connectivity index (χ4v) is 2.94. The number of piperidine rings is 1. The molecule has 0 N–H and O–H groups in total. The van der Waals surface area contributed by atoms with Crippen LogP contribution in [0, 0.1) is 5.92 Å². The molecule has 0 saturated carbocycles. The lowest BCUT2D eigenvalue weighted by molar-refractivity contribution is -0.145. The molecule has 116 valence electrons. The van der Waals surface area contributed by atoms with E-state index >= 15 is 0 Å². The predicted molar refractivity (Wildman–Crippen MR) is 77.7 cm³/mol. The molecule has 5 nitrogen and oxygen atoms in total. The second kappa shape index (κ2) is 7.96. The Morgan fingerprint density at radius 2 is 1.90 bits per heavy atom. The van der Waals surface area contributed by atoms with E-state index in [-0.39, 0.29) is 12.1 Å². The minimum atomic E-state index is -0.179. The van der Waals surface area contributed by atoms with Crippen LogP contribution in [-0.4, -0.2) is 74.9 Å². The van der Waals surface area contributed by atoms with E-state index in [0.717, 1.165) is 38.7 Å². The summed E-state index contributed by atoms with van der Waals surface area (Å²) in [5, 5.41) is 0. The lowest BCUT2D eigenvalue weighted by atomic mass is 9.99. The van der Waals surface area contributed by atoms with Gasteiger partial charge in [-0.1, -0.05) is 6.92 Å². The summed E-state index contributed by atoms with van der Waals surface area (Å²) in [5.74, 6) is 0.709. The van der Waals surface area contributed by atoms with Crippen LogP contribution < -0.4 is 0 Å². The molecule has 2 fully saturated rings. The van der Waals surface area contributed by atoms with Crippen molar-refractivity contribution in [1.82, 2.24) is 9.80 Å². The van der Waals surface area contributed by atoms with Crippen LogP contribution in [0.3, 0.4) is 0 Å². The smallest absolute Gasteiger partial charge is 0.308 e. The largest absolute Gasteiger partial charge is 0.469 e. The van der Waals surface area contributed by atoms with Crippen LogP contribution in [0.5, 0.6) is 0 Å². The van der Waals surface area contributed by atoms with Gasteiger partial charge in [0.05, 0.1) is 26.2 Å². The Bertz CT molecular complexity index is 303. The van der Waals surface area contributed by atoms with Gasteiger partial charge in [0.25, 0.3) is 0 Å². The fraction of sp³-hybridized carbons (Fsp3) is 0.933. The molecule has 0 amide bonds. The van der Waals surface area contributed by atoms with E-state index in [4.69, 9.17) is 9.47 Å². The van der Waals surface area contributed by atoms with Gasteiger partial charge in [0.1, 0.15) is 0 Å². The third kappa shape index (κ3) is 5.04. The Kier molecular flexibility index (Phi) is 6.26. The van der Waals surface area contributed by atoms with Crippen LogP contribution in [0.15, 0.2) is 0 Å². The van der Waals surface area contributed by atoms with E-state index in [1.807, 2.05) is 0 Å². The number of carbonyl (C=O) groups excluding carboxylic acids is 1. The van der Waals surface area contributed by atoms with Crippen molar-refractivity contribution in [3.8, 4) is 0 Å². The van der Waals surface area contributed by atoms with E-state index in [1.54, 1.807) is 0 Å². The highest BCUT2D eigenvalue weighted by atomic mass is 16.5. The molecule has 0 aromatic rings. The summed E-state index contributed by atoms with van der Waals surface area (Å²) in [6.45, 7) is 9.57. The Labute approximate surface area is 122 Å².